The monoisotopic (exact) mass is 423 g/mol. The summed E-state index contributed by atoms with van der Waals surface area (Å²) >= 11 is 0. The molecule has 0 amide bonds. The van der Waals surface area contributed by atoms with Gasteiger partial charge in [-0.2, -0.15) is 4.98 Å². The Balaban J connectivity index is 0.00000338. The van der Waals surface area contributed by atoms with E-state index >= 15 is 0 Å². The van der Waals surface area contributed by atoms with Crippen molar-refractivity contribution in [2.75, 3.05) is 25.6 Å². The van der Waals surface area contributed by atoms with Gasteiger partial charge >= 0.3 is 0 Å². The molecule has 0 saturated heterocycles. The number of pyridine rings is 1. The van der Waals surface area contributed by atoms with E-state index in [0.717, 1.165) is 13.0 Å². The first-order chi connectivity index (χ1) is 12.1. The summed E-state index contributed by atoms with van der Waals surface area (Å²) in [4.78, 5) is 26.4. The van der Waals surface area contributed by atoms with Crippen molar-refractivity contribution >= 4 is 11.7 Å². The number of hydrogen-bond donors (Lipinski definition) is 0. The highest BCUT2D eigenvalue weighted by Gasteiger charge is 2.07. The molecule has 0 bridgehead atoms. The number of nitrogens with zero attached hydrogens (tertiary/aromatic N) is 5. The Labute approximate surface area is 165 Å². The molecule has 26 heavy (non-hydrogen) atoms. The van der Waals surface area contributed by atoms with Crippen LogP contribution >= 0.6 is 0 Å². The van der Waals surface area contributed by atoms with E-state index in [1.807, 2.05) is 43.5 Å². The normalized spacial score (nSPS) is 10.1. The minimum absolute atomic E-state index is 0. The molecular formula is C18H26BrN5O2. The number of rotatable bonds is 10. The minimum atomic E-state index is 0. The van der Waals surface area contributed by atoms with Crippen molar-refractivity contribution < 1.29 is 31.1 Å². The number of ketones is 1. The molecule has 142 valence electrons. The zero-order valence-electron chi connectivity index (χ0n) is 15.6. The number of Topliss-reactive ketones (excluding diaryl/α,β-unsaturated/α-hetero) is 1. The van der Waals surface area contributed by atoms with E-state index in [1.165, 1.54) is 6.33 Å². The van der Waals surface area contributed by atoms with Crippen molar-refractivity contribution in [3.63, 3.8) is 0 Å². The smallest absolute Gasteiger partial charge is 0.228 e. The molecule has 0 fully saturated rings. The van der Waals surface area contributed by atoms with Crippen molar-refractivity contribution in [1.29, 1.82) is 0 Å². The topological polar surface area (TPSA) is 72.1 Å². The lowest BCUT2D eigenvalue weighted by Crippen LogP contribution is -3.00. The second kappa shape index (κ2) is 11.5. The van der Waals surface area contributed by atoms with Crippen molar-refractivity contribution in [2.45, 2.75) is 39.2 Å². The van der Waals surface area contributed by atoms with Gasteiger partial charge in [0.05, 0.1) is 0 Å². The molecule has 2 heterocycles. The molecule has 0 aliphatic heterocycles. The fourth-order valence-electron chi connectivity index (χ4n) is 2.28. The van der Waals surface area contributed by atoms with E-state index in [-0.39, 0.29) is 29.4 Å². The maximum atomic E-state index is 12.0. The second-order valence-corrected chi connectivity index (χ2v) is 6.05. The fourth-order valence-corrected chi connectivity index (χ4v) is 2.28. The molecule has 2 aromatic heterocycles. The number of halogens is 1. The molecule has 2 rings (SSSR count). The number of carbonyl (C=O) groups is 1. The first-order valence-electron chi connectivity index (χ1n) is 8.57. The molecule has 0 atom stereocenters. The van der Waals surface area contributed by atoms with Crippen LogP contribution < -0.4 is 31.2 Å². The van der Waals surface area contributed by atoms with Crippen molar-refractivity contribution in [2.24, 2.45) is 0 Å². The number of ether oxygens (including phenoxy) is 1. The SMILES string of the molecule is CCC[n+]1ccc(OCC(=O)CCCc2ncnc(N(C)C)n2)cc1.[Br-]. The number of aromatic nitrogens is 4. The van der Waals surface area contributed by atoms with Gasteiger partial charge in [-0.3, -0.25) is 4.79 Å². The standard InChI is InChI=1S/C18H26N5O2.BrH/c1-4-10-23-11-8-16(9-12-23)25-13-15(24)6-5-7-17-19-14-20-18(21-17)22(2)3;/h8-9,11-12,14H,4-7,10,13H2,1-3H3;1H/q+1;/p-1. The third-order valence-corrected chi connectivity index (χ3v) is 3.61. The van der Waals surface area contributed by atoms with Gasteiger partial charge in [-0.1, -0.05) is 6.92 Å². The van der Waals surface area contributed by atoms with Gasteiger partial charge in [0.15, 0.2) is 18.2 Å². The molecule has 0 N–H and O–H groups in total. The van der Waals surface area contributed by atoms with Gasteiger partial charge in [0.1, 0.15) is 31.1 Å². The summed E-state index contributed by atoms with van der Waals surface area (Å²) in [5.74, 6) is 2.13. The molecule has 0 aliphatic carbocycles. The summed E-state index contributed by atoms with van der Waals surface area (Å²) in [6.07, 6.45) is 8.32. The Kier molecular flexibility index (Phi) is 9.72. The lowest BCUT2D eigenvalue weighted by atomic mass is 10.2. The number of carbonyl (C=O) groups excluding carboxylic acids is 1. The molecule has 0 aliphatic rings. The van der Waals surface area contributed by atoms with Crippen LogP contribution in [0.4, 0.5) is 5.95 Å². The molecular weight excluding hydrogens is 398 g/mol. The lowest BCUT2D eigenvalue weighted by Gasteiger charge is -2.09. The van der Waals surface area contributed by atoms with E-state index in [1.54, 1.807) is 0 Å². The highest BCUT2D eigenvalue weighted by molar-refractivity contribution is 5.79. The van der Waals surface area contributed by atoms with E-state index in [4.69, 9.17) is 4.74 Å². The van der Waals surface area contributed by atoms with Crippen molar-refractivity contribution in [3.8, 4) is 5.75 Å². The Morgan fingerprint density at radius 3 is 2.62 bits per heavy atom. The molecule has 0 unspecified atom stereocenters. The van der Waals surface area contributed by atoms with Crippen molar-refractivity contribution in [3.05, 3.63) is 36.7 Å². The molecule has 0 spiro atoms. The van der Waals surface area contributed by atoms with Crippen LogP contribution in [0.1, 0.15) is 32.0 Å². The maximum Gasteiger partial charge on any atom is 0.228 e. The van der Waals surface area contributed by atoms with Crippen LogP contribution in [-0.2, 0) is 17.8 Å². The Morgan fingerprint density at radius 1 is 1.23 bits per heavy atom. The van der Waals surface area contributed by atoms with Crippen LogP contribution in [0.3, 0.4) is 0 Å². The highest BCUT2D eigenvalue weighted by Crippen LogP contribution is 2.08. The predicted molar refractivity (Wildman–Crippen MR) is 94.5 cm³/mol. The fraction of sp³-hybridized carbons (Fsp3) is 0.500. The van der Waals surface area contributed by atoms with Gasteiger partial charge in [-0.15, -0.1) is 0 Å². The van der Waals surface area contributed by atoms with Crippen LogP contribution in [0, 0.1) is 0 Å². The van der Waals surface area contributed by atoms with Gasteiger partial charge in [-0.05, 0) is 6.42 Å². The highest BCUT2D eigenvalue weighted by atomic mass is 79.9. The van der Waals surface area contributed by atoms with Gasteiger partial charge in [0.25, 0.3) is 0 Å². The summed E-state index contributed by atoms with van der Waals surface area (Å²) in [5, 5.41) is 0. The summed E-state index contributed by atoms with van der Waals surface area (Å²) in [7, 11) is 3.76. The van der Waals surface area contributed by atoms with E-state index in [9.17, 15) is 4.79 Å². The van der Waals surface area contributed by atoms with Crippen molar-refractivity contribution in [1.82, 2.24) is 15.0 Å². The van der Waals surface area contributed by atoms with Gasteiger partial charge in [-0.25, -0.2) is 14.5 Å². The Bertz CT molecular complexity index is 680. The Hall–Kier alpha value is -2.09. The van der Waals surface area contributed by atoms with E-state index in [0.29, 0.717) is 36.8 Å². The third-order valence-electron chi connectivity index (χ3n) is 3.61. The van der Waals surface area contributed by atoms with Gasteiger partial charge < -0.3 is 26.6 Å². The first kappa shape index (κ1) is 22.0. The lowest BCUT2D eigenvalue weighted by molar-refractivity contribution is -0.697. The van der Waals surface area contributed by atoms with E-state index in [2.05, 4.69) is 26.4 Å². The van der Waals surface area contributed by atoms with Crippen LogP contribution in [0.25, 0.3) is 0 Å². The van der Waals surface area contributed by atoms with Gasteiger partial charge in [0, 0.05) is 45.5 Å². The van der Waals surface area contributed by atoms with Crippen LogP contribution in [0.5, 0.6) is 5.75 Å². The summed E-state index contributed by atoms with van der Waals surface area (Å²) in [6, 6.07) is 3.77. The maximum absolute atomic E-state index is 12.0. The molecule has 0 aromatic carbocycles. The van der Waals surface area contributed by atoms with Gasteiger partial charge in [0.2, 0.25) is 5.95 Å². The Morgan fingerprint density at radius 2 is 1.96 bits per heavy atom. The molecule has 8 heteroatoms. The number of anilines is 1. The van der Waals surface area contributed by atoms with Crippen LogP contribution in [-0.4, -0.2) is 41.4 Å². The zero-order chi connectivity index (χ0) is 18.1. The molecule has 2 aromatic rings. The number of aryl methyl sites for hydroxylation is 2. The van der Waals surface area contributed by atoms with E-state index < -0.39 is 0 Å². The quantitative estimate of drug-likeness (QED) is 0.438. The summed E-state index contributed by atoms with van der Waals surface area (Å²) < 4.78 is 7.63. The molecule has 0 radical (unpaired) electrons. The third kappa shape index (κ3) is 7.43. The second-order valence-electron chi connectivity index (χ2n) is 6.05. The largest absolute Gasteiger partial charge is 1.00 e. The molecule has 7 nitrogen and oxygen atoms in total. The first-order valence-corrected chi connectivity index (χ1v) is 8.57. The predicted octanol–water partition coefficient (Wildman–Crippen LogP) is -1.39. The summed E-state index contributed by atoms with van der Waals surface area (Å²) in [6.45, 7) is 3.21. The minimum Gasteiger partial charge on any atom is -1.00 e. The zero-order valence-corrected chi connectivity index (χ0v) is 17.1. The average Bonchev–Trinajstić information content (AvgIpc) is 2.61. The van der Waals surface area contributed by atoms with Crippen LogP contribution in [0.15, 0.2) is 30.9 Å². The molecule has 0 saturated carbocycles. The average molecular weight is 424 g/mol. The van der Waals surface area contributed by atoms with Crippen LogP contribution in [0.2, 0.25) is 0 Å². The number of hydrogen-bond acceptors (Lipinski definition) is 6. The summed E-state index contributed by atoms with van der Waals surface area (Å²) in [5.41, 5.74) is 0.